The SMILES string of the molecule is CC1CCC(c2ccc(C#Cc3ccc(N=C=S)c(F)c3)c(F)c2)CC1. The van der Waals surface area contributed by atoms with E-state index in [0.717, 1.165) is 24.3 Å². The van der Waals surface area contributed by atoms with E-state index in [0.29, 0.717) is 17.0 Å². The summed E-state index contributed by atoms with van der Waals surface area (Å²) in [6, 6.07) is 9.64. The monoisotopic (exact) mass is 367 g/mol. The number of isothiocyanates is 1. The number of aliphatic imine (C=N–C) groups is 1. The van der Waals surface area contributed by atoms with Crippen LogP contribution in [-0.4, -0.2) is 5.16 Å². The molecule has 2 aromatic carbocycles. The summed E-state index contributed by atoms with van der Waals surface area (Å²) in [6.45, 7) is 2.27. The molecule has 3 rings (SSSR count). The average Bonchev–Trinajstić information content (AvgIpc) is 2.63. The summed E-state index contributed by atoms with van der Waals surface area (Å²) in [6.07, 6.45) is 4.62. The lowest BCUT2D eigenvalue weighted by Crippen LogP contribution is -2.11. The van der Waals surface area contributed by atoms with E-state index in [1.165, 1.54) is 25.0 Å². The van der Waals surface area contributed by atoms with Gasteiger partial charge >= 0.3 is 0 Å². The number of hydrogen-bond donors (Lipinski definition) is 0. The molecule has 132 valence electrons. The molecular weight excluding hydrogens is 348 g/mol. The Bertz CT molecular complexity index is 911. The van der Waals surface area contributed by atoms with Gasteiger partial charge in [-0.3, -0.25) is 0 Å². The van der Waals surface area contributed by atoms with Crippen molar-refractivity contribution in [3.8, 4) is 11.8 Å². The zero-order valence-corrected chi connectivity index (χ0v) is 15.4. The lowest BCUT2D eigenvalue weighted by atomic mass is 9.79. The topological polar surface area (TPSA) is 12.4 Å². The van der Waals surface area contributed by atoms with Gasteiger partial charge in [-0.2, -0.15) is 4.99 Å². The van der Waals surface area contributed by atoms with Crippen molar-refractivity contribution in [3.05, 3.63) is 64.7 Å². The minimum absolute atomic E-state index is 0.114. The number of thiocarbonyl (C=S) groups is 1. The normalized spacial score (nSPS) is 19.2. The van der Waals surface area contributed by atoms with E-state index in [-0.39, 0.29) is 11.5 Å². The molecule has 2 aromatic rings. The molecule has 0 N–H and O–H groups in total. The quantitative estimate of drug-likeness (QED) is 0.340. The fourth-order valence-electron chi connectivity index (χ4n) is 3.34. The maximum Gasteiger partial charge on any atom is 0.150 e. The van der Waals surface area contributed by atoms with Crippen LogP contribution in [0.4, 0.5) is 14.5 Å². The van der Waals surface area contributed by atoms with Crippen LogP contribution in [0, 0.1) is 29.4 Å². The van der Waals surface area contributed by atoms with Crippen LogP contribution in [0.1, 0.15) is 55.2 Å². The van der Waals surface area contributed by atoms with Crippen molar-refractivity contribution < 1.29 is 8.78 Å². The molecule has 1 aliphatic rings. The Morgan fingerprint density at radius 1 is 0.962 bits per heavy atom. The van der Waals surface area contributed by atoms with Gasteiger partial charge in [-0.15, -0.1) is 0 Å². The molecule has 0 heterocycles. The fourth-order valence-corrected chi connectivity index (χ4v) is 3.44. The minimum Gasteiger partial charge on any atom is -0.206 e. The zero-order chi connectivity index (χ0) is 18.5. The molecule has 0 aliphatic heterocycles. The number of nitrogens with zero attached hydrogens (tertiary/aromatic N) is 1. The summed E-state index contributed by atoms with van der Waals surface area (Å²) in [7, 11) is 0. The summed E-state index contributed by atoms with van der Waals surface area (Å²) in [5.41, 5.74) is 1.94. The van der Waals surface area contributed by atoms with Crippen LogP contribution in [-0.2, 0) is 0 Å². The Balaban J connectivity index is 1.78. The molecule has 0 aromatic heterocycles. The van der Waals surface area contributed by atoms with Crippen molar-refractivity contribution in [1.82, 2.24) is 0 Å². The van der Waals surface area contributed by atoms with Crippen molar-refractivity contribution in [2.24, 2.45) is 10.9 Å². The van der Waals surface area contributed by atoms with Crippen LogP contribution in [0.5, 0.6) is 0 Å². The number of hydrogen-bond acceptors (Lipinski definition) is 2. The largest absolute Gasteiger partial charge is 0.206 e. The zero-order valence-electron chi connectivity index (χ0n) is 14.6. The molecule has 1 nitrogen and oxygen atoms in total. The maximum absolute atomic E-state index is 14.4. The van der Waals surface area contributed by atoms with Crippen molar-refractivity contribution >= 4 is 23.1 Å². The summed E-state index contributed by atoms with van der Waals surface area (Å²) >= 11 is 4.47. The first kappa shape index (κ1) is 18.5. The van der Waals surface area contributed by atoms with Crippen molar-refractivity contribution in [2.75, 3.05) is 0 Å². The Morgan fingerprint density at radius 3 is 2.38 bits per heavy atom. The van der Waals surface area contributed by atoms with Crippen LogP contribution < -0.4 is 0 Å². The highest BCUT2D eigenvalue weighted by atomic mass is 32.1. The van der Waals surface area contributed by atoms with Gasteiger partial charge in [-0.1, -0.05) is 37.7 Å². The van der Waals surface area contributed by atoms with E-state index >= 15 is 0 Å². The van der Waals surface area contributed by atoms with Gasteiger partial charge in [0, 0.05) is 5.56 Å². The highest BCUT2D eigenvalue weighted by molar-refractivity contribution is 7.78. The molecule has 0 saturated heterocycles. The molecule has 0 bridgehead atoms. The maximum atomic E-state index is 14.4. The van der Waals surface area contributed by atoms with E-state index < -0.39 is 5.82 Å². The number of halogens is 2. The van der Waals surface area contributed by atoms with Crippen molar-refractivity contribution in [1.29, 1.82) is 0 Å². The van der Waals surface area contributed by atoms with E-state index in [1.54, 1.807) is 18.2 Å². The van der Waals surface area contributed by atoms with Gasteiger partial charge < -0.3 is 0 Å². The summed E-state index contributed by atoms with van der Waals surface area (Å²) in [4.78, 5) is 3.62. The number of rotatable bonds is 2. The summed E-state index contributed by atoms with van der Waals surface area (Å²) < 4.78 is 28.2. The van der Waals surface area contributed by atoms with E-state index in [4.69, 9.17) is 0 Å². The van der Waals surface area contributed by atoms with Crippen LogP contribution >= 0.6 is 12.2 Å². The molecule has 1 saturated carbocycles. The first-order valence-corrected chi connectivity index (χ1v) is 9.16. The van der Waals surface area contributed by atoms with Crippen molar-refractivity contribution in [3.63, 3.8) is 0 Å². The molecule has 4 heteroatoms. The van der Waals surface area contributed by atoms with E-state index in [2.05, 4.69) is 41.1 Å². The number of benzene rings is 2. The van der Waals surface area contributed by atoms with Gasteiger partial charge in [0.05, 0.1) is 10.7 Å². The molecular formula is C22H19F2NS. The minimum atomic E-state index is -0.531. The standard InChI is InChI=1S/C22H19F2NS/c1-15-2-6-17(7-3-15)19-10-9-18(20(23)13-19)8-4-16-5-11-22(25-14-26)21(24)12-16/h5,9-13,15,17H,2-3,6-7H2,1H3. The second-order valence-corrected chi connectivity index (χ2v) is 7.00. The average molecular weight is 367 g/mol. The van der Waals surface area contributed by atoms with Crippen LogP contribution in [0.2, 0.25) is 0 Å². The molecule has 1 aliphatic carbocycles. The molecule has 0 unspecified atom stereocenters. The van der Waals surface area contributed by atoms with E-state index in [1.807, 2.05) is 6.07 Å². The van der Waals surface area contributed by atoms with Crippen LogP contribution in [0.15, 0.2) is 41.4 Å². The van der Waals surface area contributed by atoms with Crippen LogP contribution in [0.3, 0.4) is 0 Å². The lowest BCUT2D eigenvalue weighted by molar-refractivity contribution is 0.347. The van der Waals surface area contributed by atoms with E-state index in [9.17, 15) is 8.78 Å². The Kier molecular flexibility index (Phi) is 5.93. The molecule has 0 atom stereocenters. The first-order chi connectivity index (χ1) is 12.6. The second kappa shape index (κ2) is 8.36. The van der Waals surface area contributed by atoms with Gasteiger partial charge in [0.15, 0.2) is 5.82 Å². The first-order valence-electron chi connectivity index (χ1n) is 8.75. The lowest BCUT2D eigenvalue weighted by Gasteiger charge is -2.26. The van der Waals surface area contributed by atoms with Gasteiger partial charge in [0.25, 0.3) is 0 Å². The smallest absolute Gasteiger partial charge is 0.150 e. The predicted octanol–water partition coefficient (Wildman–Crippen LogP) is 6.39. The molecule has 0 amide bonds. The van der Waals surface area contributed by atoms with Gasteiger partial charge in [-0.05, 0) is 72.8 Å². The van der Waals surface area contributed by atoms with Gasteiger partial charge in [0.1, 0.15) is 11.5 Å². The van der Waals surface area contributed by atoms with Crippen molar-refractivity contribution in [2.45, 2.75) is 38.5 Å². The van der Waals surface area contributed by atoms with Crippen LogP contribution in [0.25, 0.3) is 0 Å². The third-order valence-corrected chi connectivity index (χ3v) is 5.03. The third kappa shape index (κ3) is 4.43. The summed E-state index contributed by atoms with van der Waals surface area (Å²) in [5.74, 6) is 5.93. The van der Waals surface area contributed by atoms with Gasteiger partial charge in [0.2, 0.25) is 0 Å². The molecule has 0 radical (unpaired) electrons. The highest BCUT2D eigenvalue weighted by Gasteiger charge is 2.20. The Labute approximate surface area is 158 Å². The fraction of sp³-hybridized carbons (Fsp3) is 0.318. The van der Waals surface area contributed by atoms with Gasteiger partial charge in [-0.25, -0.2) is 8.78 Å². The second-order valence-electron chi connectivity index (χ2n) is 6.82. The molecule has 26 heavy (non-hydrogen) atoms. The highest BCUT2D eigenvalue weighted by Crippen LogP contribution is 2.35. The Morgan fingerprint density at radius 2 is 1.73 bits per heavy atom. The Hall–Kier alpha value is -2.34. The molecule has 0 spiro atoms. The predicted molar refractivity (Wildman–Crippen MR) is 104 cm³/mol. The third-order valence-electron chi connectivity index (χ3n) is 4.94. The summed E-state index contributed by atoms with van der Waals surface area (Å²) in [5, 5.41) is 2.13. The molecule has 1 fully saturated rings.